The predicted octanol–water partition coefficient (Wildman–Crippen LogP) is 3.74. The van der Waals surface area contributed by atoms with Gasteiger partial charge in [-0.3, -0.25) is 4.98 Å². The second kappa shape index (κ2) is 5.08. The van der Waals surface area contributed by atoms with Crippen LogP contribution in [0.2, 0.25) is 0 Å². The van der Waals surface area contributed by atoms with Gasteiger partial charge in [0.1, 0.15) is 5.82 Å². The van der Waals surface area contributed by atoms with Gasteiger partial charge in [-0.15, -0.1) is 11.6 Å². The monoisotopic (exact) mass is 235 g/mol. The first kappa shape index (κ1) is 11.1. The highest BCUT2D eigenvalue weighted by molar-refractivity contribution is 6.20. The quantitative estimate of drug-likeness (QED) is 0.739. The van der Waals surface area contributed by atoms with Gasteiger partial charge in [0.15, 0.2) is 0 Å². The van der Waals surface area contributed by atoms with Gasteiger partial charge in [-0.1, -0.05) is 18.2 Å². The molecule has 1 heterocycles. The second-order valence-corrected chi connectivity index (χ2v) is 4.11. The van der Waals surface area contributed by atoms with Crippen LogP contribution in [0, 0.1) is 5.82 Å². The normalized spacial score (nSPS) is 12.4. The van der Waals surface area contributed by atoms with E-state index in [0.717, 1.165) is 11.1 Å². The molecule has 0 aliphatic heterocycles. The Kier molecular flexibility index (Phi) is 3.52. The molecule has 82 valence electrons. The maximum absolute atomic E-state index is 13.0. The molecule has 3 heteroatoms. The summed E-state index contributed by atoms with van der Waals surface area (Å²) in [5.74, 6) is -0.229. The van der Waals surface area contributed by atoms with Crippen molar-refractivity contribution in [1.82, 2.24) is 4.98 Å². The van der Waals surface area contributed by atoms with Crippen LogP contribution in [0.15, 0.2) is 48.8 Å². The lowest BCUT2D eigenvalue weighted by Gasteiger charge is -2.09. The minimum Gasteiger partial charge on any atom is -0.264 e. The zero-order valence-electron chi connectivity index (χ0n) is 8.61. The third kappa shape index (κ3) is 2.80. The van der Waals surface area contributed by atoms with E-state index in [4.69, 9.17) is 11.6 Å². The number of rotatable bonds is 3. The summed E-state index contributed by atoms with van der Waals surface area (Å²) >= 11 is 6.23. The molecule has 0 aliphatic rings. The van der Waals surface area contributed by atoms with Gasteiger partial charge in [0.2, 0.25) is 0 Å². The van der Waals surface area contributed by atoms with Crippen molar-refractivity contribution in [3.8, 4) is 0 Å². The van der Waals surface area contributed by atoms with Crippen molar-refractivity contribution < 1.29 is 4.39 Å². The molecular formula is C13H11ClFN. The van der Waals surface area contributed by atoms with Gasteiger partial charge in [-0.2, -0.15) is 0 Å². The van der Waals surface area contributed by atoms with Crippen molar-refractivity contribution in [3.63, 3.8) is 0 Å². The van der Waals surface area contributed by atoms with Crippen LogP contribution >= 0.6 is 11.6 Å². The van der Waals surface area contributed by atoms with Crippen molar-refractivity contribution in [2.45, 2.75) is 11.8 Å². The second-order valence-electron chi connectivity index (χ2n) is 3.59. The smallest absolute Gasteiger partial charge is 0.123 e. The predicted molar refractivity (Wildman–Crippen MR) is 62.9 cm³/mol. The lowest BCUT2D eigenvalue weighted by atomic mass is 10.1. The molecule has 2 aromatic rings. The molecule has 1 aromatic heterocycles. The van der Waals surface area contributed by atoms with E-state index in [1.165, 1.54) is 12.1 Å². The van der Waals surface area contributed by atoms with Crippen LogP contribution in [0.1, 0.15) is 16.5 Å². The number of halogens is 2. The van der Waals surface area contributed by atoms with Crippen LogP contribution in [0.3, 0.4) is 0 Å². The Bertz CT molecular complexity index is 458. The molecule has 0 saturated carbocycles. The summed E-state index contributed by atoms with van der Waals surface area (Å²) in [7, 11) is 0. The van der Waals surface area contributed by atoms with Crippen LogP contribution in [0.5, 0.6) is 0 Å². The number of nitrogens with zero attached hydrogens (tertiary/aromatic N) is 1. The lowest BCUT2D eigenvalue weighted by Crippen LogP contribution is -1.96. The molecule has 0 aliphatic carbocycles. The van der Waals surface area contributed by atoms with Gasteiger partial charge in [-0.25, -0.2) is 4.39 Å². The molecule has 2 rings (SSSR count). The van der Waals surface area contributed by atoms with Gasteiger partial charge in [0, 0.05) is 12.4 Å². The topological polar surface area (TPSA) is 12.9 Å². The van der Waals surface area contributed by atoms with E-state index in [0.29, 0.717) is 6.42 Å². The summed E-state index contributed by atoms with van der Waals surface area (Å²) in [5.41, 5.74) is 1.84. The first-order valence-corrected chi connectivity index (χ1v) is 5.48. The van der Waals surface area contributed by atoms with E-state index >= 15 is 0 Å². The third-order valence-corrected chi connectivity index (χ3v) is 2.76. The SMILES string of the molecule is Fc1cccc(CC(Cl)c2cccnc2)c1. The maximum Gasteiger partial charge on any atom is 0.123 e. The molecule has 0 bridgehead atoms. The van der Waals surface area contributed by atoms with E-state index in [1.54, 1.807) is 18.5 Å². The zero-order valence-corrected chi connectivity index (χ0v) is 9.36. The molecule has 0 saturated heterocycles. The zero-order chi connectivity index (χ0) is 11.4. The van der Waals surface area contributed by atoms with E-state index in [1.807, 2.05) is 18.2 Å². The fourth-order valence-corrected chi connectivity index (χ4v) is 1.86. The van der Waals surface area contributed by atoms with E-state index < -0.39 is 0 Å². The molecule has 1 atom stereocenters. The third-order valence-electron chi connectivity index (χ3n) is 2.35. The van der Waals surface area contributed by atoms with Crippen LogP contribution in [0.25, 0.3) is 0 Å². The summed E-state index contributed by atoms with van der Waals surface area (Å²) in [6.07, 6.45) is 4.04. The van der Waals surface area contributed by atoms with Crippen molar-refractivity contribution in [3.05, 3.63) is 65.7 Å². The van der Waals surface area contributed by atoms with E-state index in [9.17, 15) is 4.39 Å². The van der Waals surface area contributed by atoms with Gasteiger partial charge in [0.05, 0.1) is 5.38 Å². The fourth-order valence-electron chi connectivity index (χ4n) is 1.55. The van der Waals surface area contributed by atoms with Crippen molar-refractivity contribution >= 4 is 11.6 Å². The van der Waals surface area contributed by atoms with Crippen molar-refractivity contribution in [1.29, 1.82) is 0 Å². The van der Waals surface area contributed by atoms with Crippen LogP contribution in [-0.4, -0.2) is 4.98 Å². The number of aromatic nitrogens is 1. The molecule has 1 aromatic carbocycles. The number of alkyl halides is 1. The Labute approximate surface area is 98.9 Å². The molecule has 1 unspecified atom stereocenters. The molecular weight excluding hydrogens is 225 g/mol. The maximum atomic E-state index is 13.0. The first-order valence-electron chi connectivity index (χ1n) is 5.04. The molecule has 0 amide bonds. The van der Waals surface area contributed by atoms with Crippen LogP contribution in [-0.2, 0) is 6.42 Å². The molecule has 1 nitrogen and oxygen atoms in total. The molecule has 16 heavy (non-hydrogen) atoms. The minimum absolute atomic E-state index is 0.171. The number of benzene rings is 1. The summed E-state index contributed by atoms with van der Waals surface area (Å²) in [6.45, 7) is 0. The number of hydrogen-bond acceptors (Lipinski definition) is 1. The summed E-state index contributed by atoms with van der Waals surface area (Å²) in [4.78, 5) is 4.01. The summed E-state index contributed by atoms with van der Waals surface area (Å²) in [6, 6.07) is 10.3. The Hall–Kier alpha value is -1.41. The van der Waals surface area contributed by atoms with Gasteiger partial charge >= 0.3 is 0 Å². The van der Waals surface area contributed by atoms with Gasteiger partial charge in [0.25, 0.3) is 0 Å². The highest BCUT2D eigenvalue weighted by Crippen LogP contribution is 2.24. The van der Waals surface area contributed by atoms with Gasteiger partial charge in [-0.05, 0) is 35.7 Å². The number of pyridine rings is 1. The van der Waals surface area contributed by atoms with Crippen molar-refractivity contribution in [2.24, 2.45) is 0 Å². The minimum atomic E-state index is -0.229. The molecule has 0 fully saturated rings. The standard InChI is InChI=1S/C13H11ClFN/c14-13(11-4-2-6-16-9-11)8-10-3-1-5-12(15)7-10/h1-7,9,13H,8H2. The van der Waals surface area contributed by atoms with Gasteiger partial charge < -0.3 is 0 Å². The molecule has 0 N–H and O–H groups in total. The summed E-state index contributed by atoms with van der Waals surface area (Å²) in [5, 5.41) is -0.171. The average Bonchev–Trinajstić information content (AvgIpc) is 2.30. The summed E-state index contributed by atoms with van der Waals surface area (Å²) < 4.78 is 13.0. The first-order chi connectivity index (χ1) is 7.75. The lowest BCUT2D eigenvalue weighted by molar-refractivity contribution is 0.625. The molecule has 0 radical (unpaired) electrons. The highest BCUT2D eigenvalue weighted by Gasteiger charge is 2.09. The Morgan fingerprint density at radius 3 is 2.81 bits per heavy atom. The highest BCUT2D eigenvalue weighted by atomic mass is 35.5. The molecule has 0 spiro atoms. The van der Waals surface area contributed by atoms with E-state index in [-0.39, 0.29) is 11.2 Å². The Balaban J connectivity index is 2.11. The Morgan fingerprint density at radius 2 is 2.12 bits per heavy atom. The van der Waals surface area contributed by atoms with Crippen LogP contribution in [0.4, 0.5) is 4.39 Å². The number of hydrogen-bond donors (Lipinski definition) is 0. The Morgan fingerprint density at radius 1 is 1.25 bits per heavy atom. The fraction of sp³-hybridized carbons (Fsp3) is 0.154. The van der Waals surface area contributed by atoms with E-state index in [2.05, 4.69) is 4.98 Å². The average molecular weight is 236 g/mol. The van der Waals surface area contributed by atoms with Crippen molar-refractivity contribution in [2.75, 3.05) is 0 Å². The van der Waals surface area contributed by atoms with Crippen LogP contribution < -0.4 is 0 Å². The largest absolute Gasteiger partial charge is 0.264 e.